The molecule has 0 amide bonds. The lowest BCUT2D eigenvalue weighted by Crippen LogP contribution is -2.54. The first-order valence-electron chi connectivity index (χ1n) is 8.30. The van der Waals surface area contributed by atoms with E-state index in [1.54, 1.807) is 0 Å². The van der Waals surface area contributed by atoms with Crippen LogP contribution in [0.25, 0.3) is 0 Å². The standard InChI is InChI=1S/C15H38O2Si3/c1-10-11-12-13-14-15(2)20(9,16-18(3,4)5)17-19(6,7)8/h15H,10-14H2,1-9H3. The molecule has 0 aliphatic carbocycles. The van der Waals surface area contributed by atoms with Crippen LogP contribution in [0.15, 0.2) is 0 Å². The third kappa shape index (κ3) is 9.50. The zero-order valence-corrected chi connectivity index (χ0v) is 18.4. The zero-order chi connectivity index (χ0) is 16.0. The fourth-order valence-corrected chi connectivity index (χ4v) is 15.2. The molecular formula is C15H38O2Si3. The first-order valence-corrected chi connectivity index (χ1v) is 17.5. The van der Waals surface area contributed by atoms with E-state index in [0.717, 1.165) is 0 Å². The van der Waals surface area contributed by atoms with Crippen molar-refractivity contribution in [2.24, 2.45) is 0 Å². The summed E-state index contributed by atoms with van der Waals surface area (Å²) in [6, 6.07) is 0. The van der Waals surface area contributed by atoms with Crippen LogP contribution in [-0.2, 0) is 8.23 Å². The van der Waals surface area contributed by atoms with Gasteiger partial charge in [0.15, 0.2) is 16.6 Å². The highest BCUT2D eigenvalue weighted by Gasteiger charge is 2.44. The number of hydrogen-bond acceptors (Lipinski definition) is 2. The first kappa shape index (κ1) is 20.6. The van der Waals surface area contributed by atoms with Gasteiger partial charge in [-0.2, -0.15) is 0 Å². The minimum absolute atomic E-state index is 0.595. The molecule has 5 heteroatoms. The number of hydrogen-bond donors (Lipinski definition) is 0. The minimum atomic E-state index is -2.06. The molecule has 0 radical (unpaired) electrons. The van der Waals surface area contributed by atoms with Gasteiger partial charge in [0.2, 0.25) is 0 Å². The van der Waals surface area contributed by atoms with Crippen LogP contribution in [0.4, 0.5) is 0 Å². The Labute approximate surface area is 131 Å². The zero-order valence-electron chi connectivity index (χ0n) is 15.4. The van der Waals surface area contributed by atoms with Crippen molar-refractivity contribution in [1.82, 2.24) is 0 Å². The van der Waals surface area contributed by atoms with Crippen LogP contribution in [0, 0.1) is 0 Å². The van der Waals surface area contributed by atoms with Gasteiger partial charge in [-0.1, -0.05) is 39.5 Å². The molecule has 20 heavy (non-hydrogen) atoms. The van der Waals surface area contributed by atoms with Gasteiger partial charge in [-0.3, -0.25) is 0 Å². The van der Waals surface area contributed by atoms with Crippen molar-refractivity contribution >= 4 is 25.2 Å². The van der Waals surface area contributed by atoms with Crippen LogP contribution in [-0.4, -0.2) is 25.2 Å². The molecule has 0 aliphatic rings. The van der Waals surface area contributed by atoms with Crippen LogP contribution in [0.3, 0.4) is 0 Å². The van der Waals surface area contributed by atoms with Gasteiger partial charge in [0.05, 0.1) is 0 Å². The summed E-state index contributed by atoms with van der Waals surface area (Å²) in [4.78, 5) is 0. The molecule has 0 N–H and O–H groups in total. The van der Waals surface area contributed by atoms with Crippen molar-refractivity contribution < 1.29 is 8.23 Å². The van der Waals surface area contributed by atoms with E-state index in [1.165, 1.54) is 32.1 Å². The topological polar surface area (TPSA) is 18.5 Å². The van der Waals surface area contributed by atoms with E-state index >= 15 is 0 Å². The molecule has 0 aromatic rings. The lowest BCUT2D eigenvalue weighted by Gasteiger charge is -2.42. The summed E-state index contributed by atoms with van der Waals surface area (Å²) in [6.07, 6.45) is 6.60. The van der Waals surface area contributed by atoms with Crippen molar-refractivity contribution in [2.45, 2.75) is 97.3 Å². The summed E-state index contributed by atoms with van der Waals surface area (Å²) in [5.74, 6) is 0. The van der Waals surface area contributed by atoms with Gasteiger partial charge >= 0.3 is 8.56 Å². The molecule has 1 unspecified atom stereocenters. The molecule has 1 atom stereocenters. The van der Waals surface area contributed by atoms with E-state index in [9.17, 15) is 0 Å². The summed E-state index contributed by atoms with van der Waals surface area (Å²) in [6.45, 7) is 20.7. The molecule has 0 spiro atoms. The molecule has 0 heterocycles. The SMILES string of the molecule is CCCCCCC(C)[Si](C)(O[Si](C)(C)C)O[Si](C)(C)C. The molecule has 0 rings (SSSR count). The molecule has 0 saturated carbocycles. The third-order valence-electron chi connectivity index (χ3n) is 3.40. The second-order valence-corrected chi connectivity index (χ2v) is 21.3. The normalized spacial score (nSPS) is 15.4. The number of unbranched alkanes of at least 4 members (excludes halogenated alkanes) is 3. The molecule has 0 aromatic heterocycles. The summed E-state index contributed by atoms with van der Waals surface area (Å²) in [7, 11) is -5.16. The average molecular weight is 335 g/mol. The molecular weight excluding hydrogens is 296 g/mol. The average Bonchev–Trinajstić information content (AvgIpc) is 2.18. The lowest BCUT2D eigenvalue weighted by molar-refractivity contribution is 0.359. The largest absolute Gasteiger partial charge is 0.436 e. The Bertz CT molecular complexity index is 253. The second-order valence-electron chi connectivity index (χ2n) is 8.20. The maximum atomic E-state index is 6.61. The van der Waals surface area contributed by atoms with E-state index in [0.29, 0.717) is 5.54 Å². The highest BCUT2D eigenvalue weighted by molar-refractivity contribution is 6.88. The van der Waals surface area contributed by atoms with Gasteiger partial charge in [-0.15, -0.1) is 0 Å². The van der Waals surface area contributed by atoms with Crippen LogP contribution in [0.2, 0.25) is 51.4 Å². The molecule has 0 aliphatic heterocycles. The molecule has 122 valence electrons. The molecule has 0 aromatic carbocycles. The lowest BCUT2D eigenvalue weighted by atomic mass is 10.1. The van der Waals surface area contributed by atoms with Crippen molar-refractivity contribution in [3.63, 3.8) is 0 Å². The van der Waals surface area contributed by atoms with Gasteiger partial charge in [-0.25, -0.2) is 0 Å². The predicted molar refractivity (Wildman–Crippen MR) is 98.7 cm³/mol. The Morgan fingerprint density at radius 1 is 0.750 bits per heavy atom. The van der Waals surface area contributed by atoms with E-state index in [4.69, 9.17) is 8.23 Å². The summed E-state index contributed by atoms with van der Waals surface area (Å²) >= 11 is 0. The van der Waals surface area contributed by atoms with Crippen LogP contribution >= 0.6 is 0 Å². The van der Waals surface area contributed by atoms with Crippen LogP contribution in [0.5, 0.6) is 0 Å². The van der Waals surface area contributed by atoms with Gasteiger partial charge in [0.25, 0.3) is 0 Å². The van der Waals surface area contributed by atoms with E-state index in [2.05, 4.69) is 59.7 Å². The highest BCUT2D eigenvalue weighted by Crippen LogP contribution is 2.34. The van der Waals surface area contributed by atoms with Crippen molar-refractivity contribution in [3.05, 3.63) is 0 Å². The van der Waals surface area contributed by atoms with E-state index in [-0.39, 0.29) is 0 Å². The third-order valence-corrected chi connectivity index (χ3v) is 13.6. The van der Waals surface area contributed by atoms with E-state index < -0.39 is 25.2 Å². The Balaban J connectivity index is 4.74. The smallest absolute Gasteiger partial charge is 0.317 e. The van der Waals surface area contributed by atoms with Crippen molar-refractivity contribution in [3.8, 4) is 0 Å². The quantitative estimate of drug-likeness (QED) is 0.354. The Morgan fingerprint density at radius 3 is 1.55 bits per heavy atom. The molecule has 0 saturated heterocycles. The Hall–Kier alpha value is 0.571. The van der Waals surface area contributed by atoms with Crippen LogP contribution in [0.1, 0.15) is 46.0 Å². The first-order chi connectivity index (χ1) is 8.90. The fraction of sp³-hybridized carbons (Fsp3) is 1.00. The molecule has 0 bridgehead atoms. The minimum Gasteiger partial charge on any atom is -0.436 e. The van der Waals surface area contributed by atoms with Crippen molar-refractivity contribution in [1.29, 1.82) is 0 Å². The Morgan fingerprint density at radius 2 is 1.20 bits per heavy atom. The van der Waals surface area contributed by atoms with Gasteiger partial charge in [0.1, 0.15) is 0 Å². The summed E-state index contributed by atoms with van der Waals surface area (Å²) in [5, 5.41) is 0. The van der Waals surface area contributed by atoms with E-state index in [1.807, 2.05) is 0 Å². The maximum Gasteiger partial charge on any atom is 0.317 e. The maximum absolute atomic E-state index is 6.61. The van der Waals surface area contributed by atoms with Crippen LogP contribution < -0.4 is 0 Å². The van der Waals surface area contributed by atoms with Gasteiger partial charge in [0, 0.05) is 0 Å². The summed E-state index contributed by atoms with van der Waals surface area (Å²) in [5.41, 5.74) is 0.595. The van der Waals surface area contributed by atoms with Gasteiger partial charge in [-0.05, 0) is 57.8 Å². The van der Waals surface area contributed by atoms with Gasteiger partial charge < -0.3 is 8.23 Å². The number of rotatable bonds is 10. The molecule has 0 fully saturated rings. The summed E-state index contributed by atoms with van der Waals surface area (Å²) < 4.78 is 13.2. The predicted octanol–water partition coefficient (Wildman–Crippen LogP) is 6.12. The second kappa shape index (κ2) is 8.27. The monoisotopic (exact) mass is 334 g/mol. The Kier molecular flexibility index (Phi) is 8.50. The highest BCUT2D eigenvalue weighted by atomic mass is 28.5. The fourth-order valence-electron chi connectivity index (χ4n) is 2.58. The molecule has 2 nitrogen and oxygen atoms in total. The van der Waals surface area contributed by atoms with Crippen molar-refractivity contribution in [2.75, 3.05) is 0 Å².